The highest BCUT2D eigenvalue weighted by Crippen LogP contribution is 2.23. The molecule has 1 fully saturated rings. The molecule has 0 aromatic heterocycles. The van der Waals surface area contributed by atoms with E-state index in [2.05, 4.69) is 53.6 Å². The highest BCUT2D eigenvalue weighted by atomic mass is 32.2. The van der Waals surface area contributed by atoms with Crippen LogP contribution in [0.1, 0.15) is 30.4 Å². The molecule has 0 radical (unpaired) electrons. The first-order valence-corrected chi connectivity index (χ1v) is 17.0. The van der Waals surface area contributed by atoms with Crippen molar-refractivity contribution in [2.75, 3.05) is 36.8 Å². The van der Waals surface area contributed by atoms with Crippen molar-refractivity contribution in [2.24, 2.45) is 0 Å². The van der Waals surface area contributed by atoms with E-state index < -0.39 is 24.1 Å². The van der Waals surface area contributed by atoms with Crippen LogP contribution in [0.3, 0.4) is 0 Å². The van der Waals surface area contributed by atoms with Crippen LogP contribution in [0, 0.1) is 11.5 Å². The Balaban J connectivity index is 1.55. The second kappa shape index (κ2) is 11.5. The van der Waals surface area contributed by atoms with Crippen LogP contribution < -0.4 is 10.4 Å². The monoisotopic (exact) mass is 499 g/mol. The van der Waals surface area contributed by atoms with E-state index in [0.717, 1.165) is 16.8 Å². The largest absolute Gasteiger partial charge is 0.369 e. The molecule has 0 aliphatic carbocycles. The molecule has 2 atom stereocenters. The second-order valence-electron chi connectivity index (χ2n) is 10.1. The first-order valence-electron chi connectivity index (χ1n) is 11.9. The van der Waals surface area contributed by atoms with Crippen LogP contribution in [0.4, 0.5) is 5.69 Å². The third kappa shape index (κ3) is 7.69. The number of nitrogens with zero attached hydrogens (tertiary/aromatic N) is 2. The molecule has 2 N–H and O–H groups in total. The normalized spacial score (nSPS) is 17.0. The van der Waals surface area contributed by atoms with Gasteiger partial charge in [0, 0.05) is 43.5 Å². The maximum absolute atomic E-state index is 13.1. The fraction of sp³-hybridized carbons (Fsp3) is 0.462. The van der Waals surface area contributed by atoms with Gasteiger partial charge in [0.05, 0.1) is 5.75 Å². The Morgan fingerprint density at radius 2 is 1.62 bits per heavy atom. The standard InChI is InChI=1S/C26H37N3O3SSi/c1-22(24-8-6-5-7-9-24)20-25(27-30)21-33(31,32)29-17-15-28(16-18-29)26-12-10-23(11-13-26)14-19-34(2,3)4/h5-13,22,25,27,30H,15-18,20-21H2,1-4H3/t22-,25?/m0/s1. The molecule has 0 bridgehead atoms. The van der Waals surface area contributed by atoms with Gasteiger partial charge in [-0.25, -0.2) is 13.9 Å². The molecule has 8 heteroatoms. The first kappa shape index (κ1) is 26.5. The van der Waals surface area contributed by atoms with Gasteiger partial charge >= 0.3 is 0 Å². The summed E-state index contributed by atoms with van der Waals surface area (Å²) in [6.07, 6.45) is 0.534. The van der Waals surface area contributed by atoms with Crippen molar-refractivity contribution in [2.45, 2.75) is 44.9 Å². The summed E-state index contributed by atoms with van der Waals surface area (Å²) in [7, 11) is -4.89. The van der Waals surface area contributed by atoms with Gasteiger partial charge in [0.2, 0.25) is 10.0 Å². The molecule has 0 amide bonds. The summed E-state index contributed by atoms with van der Waals surface area (Å²) in [5.41, 5.74) is 8.84. The Morgan fingerprint density at radius 3 is 2.18 bits per heavy atom. The minimum atomic E-state index is -3.49. The van der Waals surface area contributed by atoms with Gasteiger partial charge in [0.1, 0.15) is 8.07 Å². The van der Waals surface area contributed by atoms with Crippen LogP contribution in [0.15, 0.2) is 54.6 Å². The summed E-state index contributed by atoms with van der Waals surface area (Å²) < 4.78 is 27.7. The minimum Gasteiger partial charge on any atom is -0.369 e. The van der Waals surface area contributed by atoms with E-state index in [4.69, 9.17) is 0 Å². The third-order valence-corrected chi connectivity index (χ3v) is 8.90. The van der Waals surface area contributed by atoms with Crippen molar-refractivity contribution in [1.82, 2.24) is 9.79 Å². The van der Waals surface area contributed by atoms with Gasteiger partial charge in [-0.05, 0) is 42.2 Å². The van der Waals surface area contributed by atoms with Crippen LogP contribution in [-0.4, -0.2) is 64.0 Å². The SMILES string of the molecule is C[C@@H](CC(CS(=O)(=O)N1CCN(c2ccc(C#C[Si](C)(C)C)cc2)CC1)NO)c1ccccc1. The number of benzene rings is 2. The summed E-state index contributed by atoms with van der Waals surface area (Å²) in [6.45, 7) is 10.9. The zero-order chi connectivity index (χ0) is 24.8. The lowest BCUT2D eigenvalue weighted by Gasteiger charge is -2.36. The minimum absolute atomic E-state index is 0.120. The molecule has 1 aliphatic rings. The lowest BCUT2D eigenvalue weighted by atomic mass is 9.95. The molecule has 1 saturated heterocycles. The van der Waals surface area contributed by atoms with Crippen molar-refractivity contribution in [3.8, 4) is 11.5 Å². The van der Waals surface area contributed by atoms with Gasteiger partial charge in [-0.2, -0.15) is 4.31 Å². The Morgan fingerprint density at radius 1 is 1.00 bits per heavy atom. The number of sulfonamides is 1. The number of hydrogen-bond donors (Lipinski definition) is 2. The van der Waals surface area contributed by atoms with Crippen molar-refractivity contribution in [3.63, 3.8) is 0 Å². The predicted octanol–water partition coefficient (Wildman–Crippen LogP) is 3.91. The molecule has 1 unspecified atom stereocenters. The maximum atomic E-state index is 13.1. The van der Waals surface area contributed by atoms with Gasteiger partial charge in [0.15, 0.2) is 0 Å². The molecule has 0 saturated carbocycles. The topological polar surface area (TPSA) is 72.9 Å². The molecule has 2 aromatic rings. The molecular weight excluding hydrogens is 462 g/mol. The lowest BCUT2D eigenvalue weighted by molar-refractivity contribution is 0.126. The van der Waals surface area contributed by atoms with Crippen LogP contribution >= 0.6 is 0 Å². The van der Waals surface area contributed by atoms with Gasteiger partial charge in [-0.3, -0.25) is 0 Å². The molecular formula is C26H37N3O3SSi. The molecule has 1 heterocycles. The molecule has 1 aliphatic heterocycles. The summed E-state index contributed by atoms with van der Waals surface area (Å²) in [5, 5.41) is 9.63. The number of nitrogens with one attached hydrogen (secondary N) is 1. The Bertz CT molecular complexity index is 1080. The zero-order valence-electron chi connectivity index (χ0n) is 20.7. The van der Waals surface area contributed by atoms with Crippen LogP contribution in [0.25, 0.3) is 0 Å². The average Bonchev–Trinajstić information content (AvgIpc) is 2.82. The highest BCUT2D eigenvalue weighted by Gasteiger charge is 2.30. The van der Waals surface area contributed by atoms with E-state index in [1.54, 1.807) is 4.31 Å². The van der Waals surface area contributed by atoms with E-state index in [0.29, 0.717) is 32.6 Å². The predicted molar refractivity (Wildman–Crippen MR) is 142 cm³/mol. The van der Waals surface area contributed by atoms with Crippen LogP contribution in [0.2, 0.25) is 19.6 Å². The Labute approximate surface area is 206 Å². The number of anilines is 1. The van der Waals surface area contributed by atoms with Crippen molar-refractivity contribution < 1.29 is 13.6 Å². The highest BCUT2D eigenvalue weighted by molar-refractivity contribution is 7.89. The van der Waals surface area contributed by atoms with E-state index in [1.165, 1.54) is 0 Å². The molecule has 0 spiro atoms. The quantitative estimate of drug-likeness (QED) is 0.327. The summed E-state index contributed by atoms with van der Waals surface area (Å²) in [6, 6.07) is 17.6. The summed E-state index contributed by atoms with van der Waals surface area (Å²) in [4.78, 5) is 2.21. The maximum Gasteiger partial charge on any atom is 0.215 e. The Kier molecular flexibility index (Phi) is 8.96. The smallest absolute Gasteiger partial charge is 0.215 e. The Hall–Kier alpha value is -2.15. The molecule has 3 rings (SSSR count). The summed E-state index contributed by atoms with van der Waals surface area (Å²) in [5.74, 6) is 3.28. The van der Waals surface area contributed by atoms with Gasteiger partial charge in [-0.15, -0.1) is 5.54 Å². The lowest BCUT2D eigenvalue weighted by Crippen LogP contribution is -2.51. The fourth-order valence-electron chi connectivity index (χ4n) is 4.10. The first-order chi connectivity index (χ1) is 16.1. The third-order valence-electron chi connectivity index (χ3n) is 6.05. The van der Waals surface area contributed by atoms with E-state index in [9.17, 15) is 13.6 Å². The van der Waals surface area contributed by atoms with Gasteiger partial charge < -0.3 is 10.1 Å². The molecule has 34 heavy (non-hydrogen) atoms. The second-order valence-corrected chi connectivity index (χ2v) is 16.8. The molecule has 184 valence electrons. The number of rotatable bonds is 8. The zero-order valence-corrected chi connectivity index (χ0v) is 22.5. The van der Waals surface area contributed by atoms with Crippen LogP contribution in [0.5, 0.6) is 0 Å². The van der Waals surface area contributed by atoms with Crippen molar-refractivity contribution in [3.05, 3.63) is 65.7 Å². The molecule has 6 nitrogen and oxygen atoms in total. The molecule has 2 aromatic carbocycles. The number of piperazine rings is 1. The van der Waals surface area contributed by atoms with Crippen LogP contribution in [-0.2, 0) is 10.0 Å². The summed E-state index contributed by atoms with van der Waals surface area (Å²) >= 11 is 0. The average molecular weight is 500 g/mol. The van der Waals surface area contributed by atoms with E-state index in [-0.39, 0.29) is 11.7 Å². The van der Waals surface area contributed by atoms with E-state index in [1.807, 2.05) is 49.4 Å². The van der Waals surface area contributed by atoms with Gasteiger partial charge in [0.25, 0.3) is 0 Å². The number of hydrogen-bond acceptors (Lipinski definition) is 5. The fourth-order valence-corrected chi connectivity index (χ4v) is 6.27. The number of hydroxylamine groups is 1. The van der Waals surface area contributed by atoms with E-state index >= 15 is 0 Å². The van der Waals surface area contributed by atoms with Crippen molar-refractivity contribution in [1.29, 1.82) is 0 Å². The van der Waals surface area contributed by atoms with Crippen molar-refractivity contribution >= 4 is 23.8 Å². The van der Waals surface area contributed by atoms with Gasteiger partial charge in [-0.1, -0.05) is 62.8 Å².